The molecule has 1 fully saturated rings. The maximum absolute atomic E-state index is 6.12. The minimum absolute atomic E-state index is 0.346. The van der Waals surface area contributed by atoms with Gasteiger partial charge in [-0.15, -0.1) is 0 Å². The molecule has 1 aromatic rings. The van der Waals surface area contributed by atoms with Crippen molar-refractivity contribution in [2.75, 3.05) is 25.1 Å². The third-order valence-electron chi connectivity index (χ3n) is 3.74. The lowest BCUT2D eigenvalue weighted by atomic mass is 9.98. The van der Waals surface area contributed by atoms with Crippen LogP contribution < -0.4 is 15.4 Å². The van der Waals surface area contributed by atoms with Crippen molar-refractivity contribution in [3.8, 4) is 5.75 Å². The molecule has 2 rings (SSSR count). The Kier molecular flexibility index (Phi) is 3.89. The Hall–Kier alpha value is -1.22. The minimum atomic E-state index is 0.346. The summed E-state index contributed by atoms with van der Waals surface area (Å²) in [5, 5.41) is 0. The molecular weight excluding hydrogens is 212 g/mol. The zero-order valence-corrected chi connectivity index (χ0v) is 10.7. The molecule has 0 saturated carbocycles. The summed E-state index contributed by atoms with van der Waals surface area (Å²) in [5.74, 6) is 1.55. The van der Waals surface area contributed by atoms with Crippen molar-refractivity contribution < 1.29 is 4.74 Å². The predicted molar refractivity (Wildman–Crippen MR) is 71.6 cm³/mol. The van der Waals surface area contributed by atoms with E-state index in [9.17, 15) is 0 Å². The number of nitrogens with two attached hydrogens (primary N) is 1. The van der Waals surface area contributed by atoms with Crippen LogP contribution in [0.4, 0.5) is 5.69 Å². The smallest absolute Gasteiger partial charge is 0.119 e. The fraction of sp³-hybridized carbons (Fsp3) is 0.571. The second kappa shape index (κ2) is 5.41. The van der Waals surface area contributed by atoms with Gasteiger partial charge in [-0.25, -0.2) is 0 Å². The molecule has 1 heterocycles. The Labute approximate surface area is 104 Å². The van der Waals surface area contributed by atoms with E-state index in [4.69, 9.17) is 10.5 Å². The van der Waals surface area contributed by atoms with E-state index >= 15 is 0 Å². The minimum Gasteiger partial charge on any atom is -0.497 e. The molecule has 0 spiro atoms. The van der Waals surface area contributed by atoms with Crippen molar-refractivity contribution in [3.05, 3.63) is 24.3 Å². The first-order valence-electron chi connectivity index (χ1n) is 6.39. The Bertz CT molecular complexity index is 350. The van der Waals surface area contributed by atoms with Crippen molar-refractivity contribution >= 4 is 5.69 Å². The summed E-state index contributed by atoms with van der Waals surface area (Å²) in [5.41, 5.74) is 7.39. The van der Waals surface area contributed by atoms with Gasteiger partial charge in [0, 0.05) is 24.8 Å². The maximum atomic E-state index is 6.12. The van der Waals surface area contributed by atoms with Crippen LogP contribution in [0, 0.1) is 5.92 Å². The molecular formula is C14H22N2O. The standard InChI is InChI=1S/C14H22N2O/c1-3-14(15)11-8-9-16(10-11)12-4-6-13(17-2)7-5-12/h4-7,11,14H,3,8-10,15H2,1-2H3. The average molecular weight is 234 g/mol. The van der Waals surface area contributed by atoms with Crippen LogP contribution in [0.3, 0.4) is 0 Å². The van der Waals surface area contributed by atoms with E-state index in [1.165, 1.54) is 12.1 Å². The largest absolute Gasteiger partial charge is 0.497 e. The van der Waals surface area contributed by atoms with Gasteiger partial charge < -0.3 is 15.4 Å². The van der Waals surface area contributed by atoms with Crippen molar-refractivity contribution in [1.29, 1.82) is 0 Å². The molecule has 17 heavy (non-hydrogen) atoms. The third-order valence-corrected chi connectivity index (χ3v) is 3.74. The summed E-state index contributed by atoms with van der Waals surface area (Å²) in [6, 6.07) is 8.63. The van der Waals surface area contributed by atoms with Gasteiger partial charge in [0.1, 0.15) is 5.75 Å². The lowest BCUT2D eigenvalue weighted by Crippen LogP contribution is -2.31. The zero-order valence-electron chi connectivity index (χ0n) is 10.7. The van der Waals surface area contributed by atoms with Gasteiger partial charge in [0.2, 0.25) is 0 Å². The van der Waals surface area contributed by atoms with Crippen LogP contribution in [0.15, 0.2) is 24.3 Å². The zero-order chi connectivity index (χ0) is 12.3. The van der Waals surface area contributed by atoms with Gasteiger partial charge in [-0.3, -0.25) is 0 Å². The molecule has 0 bridgehead atoms. The van der Waals surface area contributed by atoms with E-state index in [-0.39, 0.29) is 0 Å². The van der Waals surface area contributed by atoms with Crippen LogP contribution in [0.1, 0.15) is 19.8 Å². The van der Waals surface area contributed by atoms with Gasteiger partial charge in [-0.05, 0) is 43.0 Å². The topological polar surface area (TPSA) is 38.5 Å². The fourth-order valence-electron chi connectivity index (χ4n) is 2.50. The average Bonchev–Trinajstić information content (AvgIpc) is 2.87. The van der Waals surface area contributed by atoms with Crippen LogP contribution in [0.25, 0.3) is 0 Å². The molecule has 2 N–H and O–H groups in total. The molecule has 2 unspecified atom stereocenters. The first-order chi connectivity index (χ1) is 8.24. The Balaban J connectivity index is 1.99. The highest BCUT2D eigenvalue weighted by molar-refractivity contribution is 5.49. The Morgan fingerprint density at radius 3 is 2.71 bits per heavy atom. The summed E-state index contributed by atoms with van der Waals surface area (Å²) < 4.78 is 5.17. The highest BCUT2D eigenvalue weighted by atomic mass is 16.5. The number of hydrogen-bond acceptors (Lipinski definition) is 3. The van der Waals surface area contributed by atoms with E-state index in [1.54, 1.807) is 7.11 Å². The highest BCUT2D eigenvalue weighted by Gasteiger charge is 2.26. The number of hydrogen-bond donors (Lipinski definition) is 1. The second-order valence-corrected chi connectivity index (χ2v) is 4.76. The van der Waals surface area contributed by atoms with Crippen LogP contribution in [-0.2, 0) is 0 Å². The van der Waals surface area contributed by atoms with Crippen molar-refractivity contribution in [3.63, 3.8) is 0 Å². The summed E-state index contributed by atoms with van der Waals surface area (Å²) in [6.45, 7) is 4.37. The molecule has 2 atom stereocenters. The van der Waals surface area contributed by atoms with Gasteiger partial charge >= 0.3 is 0 Å². The summed E-state index contributed by atoms with van der Waals surface area (Å²) in [4.78, 5) is 2.42. The van der Waals surface area contributed by atoms with E-state index in [1.807, 2.05) is 12.1 Å². The van der Waals surface area contributed by atoms with Crippen LogP contribution >= 0.6 is 0 Å². The fourth-order valence-corrected chi connectivity index (χ4v) is 2.50. The summed E-state index contributed by atoms with van der Waals surface area (Å²) in [6.07, 6.45) is 2.28. The number of ether oxygens (including phenoxy) is 1. The lowest BCUT2D eigenvalue weighted by Gasteiger charge is -2.21. The van der Waals surface area contributed by atoms with Crippen molar-refractivity contribution in [2.45, 2.75) is 25.8 Å². The number of benzene rings is 1. The Morgan fingerprint density at radius 2 is 2.12 bits per heavy atom. The molecule has 1 aromatic carbocycles. The number of anilines is 1. The van der Waals surface area contributed by atoms with Gasteiger partial charge in [0.05, 0.1) is 7.11 Å². The number of rotatable bonds is 4. The van der Waals surface area contributed by atoms with E-state index < -0.39 is 0 Å². The van der Waals surface area contributed by atoms with Crippen molar-refractivity contribution in [2.24, 2.45) is 11.7 Å². The van der Waals surface area contributed by atoms with E-state index in [0.29, 0.717) is 12.0 Å². The van der Waals surface area contributed by atoms with Gasteiger partial charge in [0.25, 0.3) is 0 Å². The molecule has 0 radical (unpaired) electrons. The van der Waals surface area contributed by atoms with E-state index in [2.05, 4.69) is 24.0 Å². The van der Waals surface area contributed by atoms with Crippen LogP contribution in [-0.4, -0.2) is 26.2 Å². The van der Waals surface area contributed by atoms with Crippen molar-refractivity contribution in [1.82, 2.24) is 0 Å². The van der Waals surface area contributed by atoms with Crippen LogP contribution in [0.2, 0.25) is 0 Å². The molecule has 3 nitrogen and oxygen atoms in total. The highest BCUT2D eigenvalue weighted by Crippen LogP contribution is 2.27. The maximum Gasteiger partial charge on any atom is 0.119 e. The van der Waals surface area contributed by atoms with Gasteiger partial charge in [-0.1, -0.05) is 6.92 Å². The first kappa shape index (κ1) is 12.2. The second-order valence-electron chi connectivity index (χ2n) is 4.76. The predicted octanol–water partition coefficient (Wildman–Crippen LogP) is 2.26. The van der Waals surface area contributed by atoms with Gasteiger partial charge in [-0.2, -0.15) is 0 Å². The Morgan fingerprint density at radius 1 is 1.41 bits per heavy atom. The third kappa shape index (κ3) is 2.72. The molecule has 0 amide bonds. The SMILES string of the molecule is CCC(N)C1CCN(c2ccc(OC)cc2)C1. The normalized spacial score (nSPS) is 21.6. The molecule has 1 aliphatic rings. The molecule has 0 aliphatic carbocycles. The van der Waals surface area contributed by atoms with Gasteiger partial charge in [0.15, 0.2) is 0 Å². The summed E-state index contributed by atoms with van der Waals surface area (Å²) in [7, 11) is 1.70. The quantitative estimate of drug-likeness (QED) is 0.868. The molecule has 94 valence electrons. The lowest BCUT2D eigenvalue weighted by molar-refractivity contribution is 0.415. The molecule has 1 saturated heterocycles. The molecule has 3 heteroatoms. The summed E-state index contributed by atoms with van der Waals surface area (Å²) >= 11 is 0. The first-order valence-corrected chi connectivity index (χ1v) is 6.39. The monoisotopic (exact) mass is 234 g/mol. The number of nitrogens with zero attached hydrogens (tertiary/aromatic N) is 1. The van der Waals surface area contributed by atoms with E-state index in [0.717, 1.165) is 25.3 Å². The molecule has 0 aromatic heterocycles. The molecule has 1 aliphatic heterocycles. The number of methoxy groups -OCH3 is 1. The van der Waals surface area contributed by atoms with Crippen LogP contribution in [0.5, 0.6) is 5.75 Å².